The van der Waals surface area contributed by atoms with Gasteiger partial charge in [-0.05, 0) is 67.5 Å². The van der Waals surface area contributed by atoms with E-state index in [4.69, 9.17) is 8.92 Å². The zero-order valence-corrected chi connectivity index (χ0v) is 21.9. The Morgan fingerprint density at radius 3 is 1.88 bits per heavy atom. The molecule has 0 aromatic heterocycles. The van der Waals surface area contributed by atoms with E-state index in [0.717, 1.165) is 35.3 Å². The summed E-state index contributed by atoms with van der Waals surface area (Å²) >= 11 is -1.36. The van der Waals surface area contributed by atoms with Gasteiger partial charge in [-0.3, -0.25) is 4.79 Å². The fourth-order valence-corrected chi connectivity index (χ4v) is 4.67. The molecular formula is C27H38O4S. The Morgan fingerprint density at radius 2 is 1.44 bits per heavy atom. The molecule has 0 fully saturated rings. The highest BCUT2D eigenvalue weighted by atomic mass is 32.2. The largest absolute Gasteiger partial charge is 0.486 e. The molecule has 1 atom stereocenters. The first kappa shape index (κ1) is 26.1. The van der Waals surface area contributed by atoms with Crippen molar-refractivity contribution in [3.05, 3.63) is 58.1 Å². The molecule has 0 saturated heterocycles. The standard InChI is InChI=1S/C27H38O4S/c1-10-27(11-2,22-15-19(4)25(20(5)16-22)31-32(9)29)21-12-13-23(18(3)14-21)30-17-24(28)26(6,7)8/h12-16H,10-11,17H2,1-9H3. The molecule has 1 unspecified atom stereocenters. The Kier molecular flexibility index (Phi) is 8.33. The predicted molar refractivity (Wildman–Crippen MR) is 133 cm³/mol. The smallest absolute Gasteiger partial charge is 0.203 e. The molecule has 5 heteroatoms. The van der Waals surface area contributed by atoms with E-state index < -0.39 is 16.5 Å². The number of rotatable bonds is 9. The van der Waals surface area contributed by atoms with Gasteiger partial charge in [0.25, 0.3) is 0 Å². The first-order valence-electron chi connectivity index (χ1n) is 11.3. The van der Waals surface area contributed by atoms with Crippen LogP contribution < -0.4 is 8.92 Å². The van der Waals surface area contributed by atoms with Crippen molar-refractivity contribution in [3.8, 4) is 11.5 Å². The first-order valence-corrected chi connectivity index (χ1v) is 12.7. The van der Waals surface area contributed by atoms with E-state index in [2.05, 4.69) is 38.1 Å². The van der Waals surface area contributed by atoms with E-state index in [1.807, 2.05) is 47.6 Å². The van der Waals surface area contributed by atoms with Gasteiger partial charge in [-0.1, -0.05) is 58.9 Å². The summed E-state index contributed by atoms with van der Waals surface area (Å²) in [6, 6.07) is 10.6. The molecule has 0 aliphatic heterocycles. The third-order valence-electron chi connectivity index (χ3n) is 6.34. The van der Waals surface area contributed by atoms with Crippen molar-refractivity contribution < 1.29 is 17.9 Å². The number of carbonyl (C=O) groups is 1. The minimum atomic E-state index is -1.36. The number of ketones is 1. The van der Waals surface area contributed by atoms with E-state index in [-0.39, 0.29) is 17.8 Å². The van der Waals surface area contributed by atoms with Crippen molar-refractivity contribution >= 4 is 16.9 Å². The van der Waals surface area contributed by atoms with Gasteiger partial charge in [0.15, 0.2) is 5.78 Å². The second-order valence-electron chi connectivity index (χ2n) is 9.66. The van der Waals surface area contributed by atoms with Gasteiger partial charge >= 0.3 is 0 Å². The highest BCUT2D eigenvalue weighted by Crippen LogP contribution is 2.42. The molecule has 0 bridgehead atoms. The van der Waals surface area contributed by atoms with Crippen LogP contribution in [0.15, 0.2) is 30.3 Å². The number of hydrogen-bond donors (Lipinski definition) is 0. The Labute approximate surface area is 196 Å². The molecule has 176 valence electrons. The van der Waals surface area contributed by atoms with Crippen molar-refractivity contribution in [2.75, 3.05) is 12.9 Å². The molecule has 2 rings (SSSR count). The molecule has 0 N–H and O–H groups in total. The minimum Gasteiger partial charge on any atom is -0.486 e. The van der Waals surface area contributed by atoms with Gasteiger partial charge in [-0.15, -0.1) is 0 Å². The highest BCUT2D eigenvalue weighted by Gasteiger charge is 2.32. The van der Waals surface area contributed by atoms with Gasteiger partial charge in [0.1, 0.15) is 18.1 Å². The van der Waals surface area contributed by atoms with Crippen molar-refractivity contribution in [1.82, 2.24) is 0 Å². The lowest BCUT2D eigenvalue weighted by Gasteiger charge is -2.34. The average Bonchev–Trinajstić information content (AvgIpc) is 2.70. The van der Waals surface area contributed by atoms with Gasteiger partial charge in [0.05, 0.1) is 0 Å². The normalized spacial score (nSPS) is 13.0. The van der Waals surface area contributed by atoms with Crippen molar-refractivity contribution in [2.24, 2.45) is 5.41 Å². The fourth-order valence-electron chi connectivity index (χ4n) is 4.18. The van der Waals surface area contributed by atoms with E-state index in [0.29, 0.717) is 5.75 Å². The summed E-state index contributed by atoms with van der Waals surface area (Å²) in [5, 5.41) is 0. The maximum Gasteiger partial charge on any atom is 0.203 e. The van der Waals surface area contributed by atoms with Gasteiger partial charge in [0, 0.05) is 17.1 Å². The molecule has 0 aliphatic carbocycles. The lowest BCUT2D eigenvalue weighted by molar-refractivity contribution is -0.128. The number of benzene rings is 2. The minimum absolute atomic E-state index is 0.0784. The topological polar surface area (TPSA) is 52.6 Å². The monoisotopic (exact) mass is 458 g/mol. The third kappa shape index (κ3) is 5.61. The zero-order chi connectivity index (χ0) is 24.3. The molecule has 0 radical (unpaired) electrons. The van der Waals surface area contributed by atoms with E-state index in [9.17, 15) is 9.00 Å². The fraction of sp³-hybridized carbons (Fsp3) is 0.519. The zero-order valence-electron chi connectivity index (χ0n) is 21.0. The molecule has 0 heterocycles. The van der Waals surface area contributed by atoms with Crippen LogP contribution in [0.4, 0.5) is 0 Å². The highest BCUT2D eigenvalue weighted by molar-refractivity contribution is 7.79. The maximum absolute atomic E-state index is 12.3. The van der Waals surface area contributed by atoms with Crippen LogP contribution in [0, 0.1) is 26.2 Å². The quantitative estimate of drug-likeness (QED) is 0.437. The van der Waals surface area contributed by atoms with Crippen molar-refractivity contribution in [2.45, 2.75) is 73.6 Å². The summed E-state index contributed by atoms with van der Waals surface area (Å²) in [5.41, 5.74) is 4.86. The average molecular weight is 459 g/mol. The van der Waals surface area contributed by atoms with E-state index in [1.54, 1.807) is 0 Å². The molecular weight excluding hydrogens is 420 g/mol. The van der Waals surface area contributed by atoms with Crippen LogP contribution >= 0.6 is 0 Å². The number of carbonyl (C=O) groups excluding carboxylic acids is 1. The van der Waals surface area contributed by atoms with Crippen molar-refractivity contribution in [1.29, 1.82) is 0 Å². The van der Waals surface area contributed by atoms with Crippen LogP contribution in [-0.2, 0) is 21.3 Å². The second-order valence-corrected chi connectivity index (χ2v) is 10.6. The molecule has 4 nitrogen and oxygen atoms in total. The lowest BCUT2D eigenvalue weighted by Crippen LogP contribution is -2.27. The summed E-state index contributed by atoms with van der Waals surface area (Å²) in [5.74, 6) is 1.52. The Bertz CT molecular complexity index is 974. The summed E-state index contributed by atoms with van der Waals surface area (Å²) in [6.07, 6.45) is 3.41. The van der Waals surface area contributed by atoms with Crippen LogP contribution in [0.1, 0.15) is 75.3 Å². The molecule has 2 aromatic rings. The molecule has 2 aromatic carbocycles. The van der Waals surface area contributed by atoms with Gasteiger partial charge in [-0.25, -0.2) is 4.21 Å². The predicted octanol–water partition coefficient (Wildman–Crippen LogP) is 6.38. The first-order chi connectivity index (χ1) is 14.9. The van der Waals surface area contributed by atoms with Gasteiger partial charge < -0.3 is 8.92 Å². The molecule has 0 aliphatic rings. The third-order valence-corrected chi connectivity index (χ3v) is 6.74. The number of aryl methyl sites for hydroxylation is 3. The van der Waals surface area contributed by atoms with Gasteiger partial charge in [0.2, 0.25) is 11.1 Å². The SMILES string of the molecule is CCC(CC)(c1ccc(OCC(=O)C(C)(C)C)c(C)c1)c1cc(C)c(OS(C)=O)c(C)c1. The molecule has 0 amide bonds. The Morgan fingerprint density at radius 1 is 0.906 bits per heavy atom. The number of ether oxygens (including phenoxy) is 1. The molecule has 0 saturated carbocycles. The Hall–Kier alpha value is -2.14. The van der Waals surface area contributed by atoms with Crippen LogP contribution in [-0.4, -0.2) is 22.9 Å². The Balaban J connectivity index is 2.45. The summed E-state index contributed by atoms with van der Waals surface area (Å²) in [7, 11) is 0. The van der Waals surface area contributed by atoms with E-state index in [1.165, 1.54) is 17.4 Å². The van der Waals surface area contributed by atoms with Gasteiger partial charge in [-0.2, -0.15) is 0 Å². The summed E-state index contributed by atoms with van der Waals surface area (Å²) < 4.78 is 23.0. The van der Waals surface area contributed by atoms with E-state index >= 15 is 0 Å². The van der Waals surface area contributed by atoms with Crippen LogP contribution in [0.3, 0.4) is 0 Å². The number of hydrogen-bond acceptors (Lipinski definition) is 4. The molecule has 0 spiro atoms. The van der Waals surface area contributed by atoms with Crippen LogP contribution in [0.5, 0.6) is 11.5 Å². The summed E-state index contributed by atoms with van der Waals surface area (Å²) in [6.45, 7) is 16.3. The molecule has 32 heavy (non-hydrogen) atoms. The maximum atomic E-state index is 12.3. The van der Waals surface area contributed by atoms with Crippen LogP contribution in [0.25, 0.3) is 0 Å². The van der Waals surface area contributed by atoms with Crippen molar-refractivity contribution in [3.63, 3.8) is 0 Å². The lowest BCUT2D eigenvalue weighted by atomic mass is 9.69. The summed E-state index contributed by atoms with van der Waals surface area (Å²) in [4.78, 5) is 12.3. The second kappa shape index (κ2) is 10.2. The van der Waals surface area contributed by atoms with Crippen LogP contribution in [0.2, 0.25) is 0 Å². The number of Topliss-reactive ketones (excluding diaryl/α,β-unsaturated/α-hetero) is 1.